The summed E-state index contributed by atoms with van der Waals surface area (Å²) < 4.78 is 25.8. The minimum Gasteiger partial charge on any atom is -0.343 e. The van der Waals surface area contributed by atoms with Crippen LogP contribution in [0.5, 0.6) is 0 Å². The first-order valence-electron chi connectivity index (χ1n) is 8.87. The van der Waals surface area contributed by atoms with Crippen molar-refractivity contribution in [3.05, 3.63) is 69.2 Å². The van der Waals surface area contributed by atoms with Gasteiger partial charge in [-0.2, -0.15) is 0 Å². The number of aryl methyl sites for hydroxylation is 2. The van der Waals surface area contributed by atoms with E-state index in [4.69, 9.17) is 5.14 Å². The van der Waals surface area contributed by atoms with Crippen molar-refractivity contribution in [2.24, 2.45) is 5.14 Å². The molecule has 2 heterocycles. The van der Waals surface area contributed by atoms with Crippen LogP contribution in [-0.4, -0.2) is 18.9 Å². The second-order valence-electron chi connectivity index (χ2n) is 6.63. The van der Waals surface area contributed by atoms with Gasteiger partial charge in [0.2, 0.25) is 10.0 Å². The van der Waals surface area contributed by atoms with Crippen LogP contribution in [0.15, 0.2) is 46.7 Å². The van der Waals surface area contributed by atoms with E-state index >= 15 is 0 Å². The molecule has 28 heavy (non-hydrogen) atoms. The monoisotopic (exact) mass is 417 g/mol. The Balaban J connectivity index is 1.88. The lowest BCUT2D eigenvalue weighted by Gasteiger charge is -2.11. The highest BCUT2D eigenvalue weighted by Gasteiger charge is 2.18. The van der Waals surface area contributed by atoms with E-state index in [9.17, 15) is 13.2 Å². The molecule has 0 atom stereocenters. The molecular formula is C20H23N3O3S2. The van der Waals surface area contributed by atoms with Crippen LogP contribution in [0.3, 0.4) is 0 Å². The van der Waals surface area contributed by atoms with Crippen molar-refractivity contribution in [2.45, 2.75) is 38.6 Å². The Morgan fingerprint density at radius 1 is 1.21 bits per heavy atom. The molecule has 1 amide bonds. The fraction of sp³-hybridized carbons (Fsp3) is 0.250. The number of sulfonamides is 1. The molecule has 3 rings (SSSR count). The number of benzene rings is 1. The Hall–Kier alpha value is -2.42. The van der Waals surface area contributed by atoms with Gasteiger partial charge >= 0.3 is 0 Å². The molecule has 2 aromatic heterocycles. The Bertz CT molecular complexity index is 1110. The molecular weight excluding hydrogens is 394 g/mol. The van der Waals surface area contributed by atoms with Gasteiger partial charge < -0.3 is 9.88 Å². The van der Waals surface area contributed by atoms with Gasteiger partial charge in [0, 0.05) is 22.0 Å². The highest BCUT2D eigenvalue weighted by molar-refractivity contribution is 7.89. The molecule has 1 aromatic carbocycles. The topological polar surface area (TPSA) is 94.2 Å². The number of hydrogen-bond acceptors (Lipinski definition) is 4. The van der Waals surface area contributed by atoms with Crippen LogP contribution in [-0.2, 0) is 23.0 Å². The van der Waals surface area contributed by atoms with Gasteiger partial charge in [-0.15, -0.1) is 11.3 Å². The molecule has 6 nitrogen and oxygen atoms in total. The molecule has 0 aliphatic heterocycles. The van der Waals surface area contributed by atoms with Crippen molar-refractivity contribution in [2.75, 3.05) is 5.32 Å². The number of nitrogens with zero attached hydrogens (tertiary/aromatic N) is 1. The van der Waals surface area contributed by atoms with Crippen molar-refractivity contribution in [1.82, 2.24) is 4.57 Å². The zero-order valence-corrected chi connectivity index (χ0v) is 17.7. The van der Waals surface area contributed by atoms with Gasteiger partial charge in [0.15, 0.2) is 0 Å². The highest BCUT2D eigenvalue weighted by Crippen LogP contribution is 2.23. The summed E-state index contributed by atoms with van der Waals surface area (Å²) in [6.45, 7) is 6.44. The van der Waals surface area contributed by atoms with Crippen LogP contribution in [0.4, 0.5) is 5.69 Å². The molecule has 0 radical (unpaired) electrons. The SMILES string of the molecule is CCc1ccc(NC(=O)c2cc(C)n(Cc3cccs3)c2C)cc1S(N)(=O)=O. The Morgan fingerprint density at radius 2 is 1.96 bits per heavy atom. The van der Waals surface area contributed by atoms with Crippen LogP contribution in [0, 0.1) is 13.8 Å². The molecule has 0 spiro atoms. The Morgan fingerprint density at radius 3 is 2.57 bits per heavy atom. The molecule has 148 valence electrons. The average Bonchev–Trinajstić information content (AvgIpc) is 3.24. The number of primary sulfonamides is 1. The van der Waals surface area contributed by atoms with Crippen molar-refractivity contribution in [3.63, 3.8) is 0 Å². The van der Waals surface area contributed by atoms with E-state index in [-0.39, 0.29) is 10.8 Å². The number of nitrogens with one attached hydrogen (secondary N) is 1. The maximum atomic E-state index is 12.8. The third kappa shape index (κ3) is 4.19. The van der Waals surface area contributed by atoms with E-state index in [1.165, 1.54) is 10.9 Å². The number of aromatic nitrogens is 1. The van der Waals surface area contributed by atoms with E-state index in [0.29, 0.717) is 29.8 Å². The number of hydrogen-bond donors (Lipinski definition) is 2. The maximum absolute atomic E-state index is 12.8. The van der Waals surface area contributed by atoms with Crippen molar-refractivity contribution in [1.29, 1.82) is 0 Å². The summed E-state index contributed by atoms with van der Waals surface area (Å²) in [7, 11) is -3.86. The number of carbonyl (C=O) groups is 1. The van der Waals surface area contributed by atoms with Gasteiger partial charge in [-0.1, -0.05) is 19.1 Å². The highest BCUT2D eigenvalue weighted by atomic mass is 32.2. The summed E-state index contributed by atoms with van der Waals surface area (Å²) in [6, 6.07) is 10.7. The minimum atomic E-state index is -3.86. The number of amides is 1. The molecule has 0 fully saturated rings. The van der Waals surface area contributed by atoms with Crippen LogP contribution in [0.1, 0.15) is 39.1 Å². The second kappa shape index (κ2) is 7.90. The van der Waals surface area contributed by atoms with Gasteiger partial charge in [-0.3, -0.25) is 4.79 Å². The lowest BCUT2D eigenvalue weighted by molar-refractivity contribution is 0.102. The third-order valence-electron chi connectivity index (χ3n) is 4.72. The van der Waals surface area contributed by atoms with Gasteiger partial charge in [0.05, 0.1) is 17.0 Å². The molecule has 3 N–H and O–H groups in total. The Labute approximate surface area is 169 Å². The summed E-state index contributed by atoms with van der Waals surface area (Å²) in [5.41, 5.74) is 3.43. The number of nitrogens with two attached hydrogens (primary N) is 1. The normalized spacial score (nSPS) is 11.6. The van der Waals surface area contributed by atoms with E-state index in [1.54, 1.807) is 23.5 Å². The van der Waals surface area contributed by atoms with Gasteiger partial charge in [-0.05, 0) is 55.5 Å². The molecule has 0 aliphatic carbocycles. The van der Waals surface area contributed by atoms with E-state index in [0.717, 1.165) is 11.4 Å². The third-order valence-corrected chi connectivity index (χ3v) is 6.58. The van der Waals surface area contributed by atoms with Crippen molar-refractivity contribution >= 4 is 33.0 Å². The van der Waals surface area contributed by atoms with E-state index in [2.05, 4.69) is 16.0 Å². The van der Waals surface area contributed by atoms with Gasteiger partial charge in [-0.25, -0.2) is 13.6 Å². The second-order valence-corrected chi connectivity index (χ2v) is 9.19. The zero-order chi connectivity index (χ0) is 20.5. The molecule has 0 saturated heterocycles. The summed E-state index contributed by atoms with van der Waals surface area (Å²) in [5.74, 6) is -0.282. The van der Waals surface area contributed by atoms with E-state index in [1.807, 2.05) is 38.3 Å². The quantitative estimate of drug-likeness (QED) is 0.641. The van der Waals surface area contributed by atoms with Crippen LogP contribution >= 0.6 is 11.3 Å². The summed E-state index contributed by atoms with van der Waals surface area (Å²) in [6.07, 6.45) is 0.532. The molecule has 3 aromatic rings. The average molecular weight is 418 g/mol. The molecule has 0 unspecified atom stereocenters. The molecule has 0 saturated carbocycles. The Kier molecular flexibility index (Phi) is 5.74. The maximum Gasteiger partial charge on any atom is 0.257 e. The summed E-state index contributed by atoms with van der Waals surface area (Å²) >= 11 is 1.67. The predicted molar refractivity (Wildman–Crippen MR) is 112 cm³/mol. The first kappa shape index (κ1) is 20.3. The molecule has 8 heteroatoms. The summed E-state index contributed by atoms with van der Waals surface area (Å²) in [4.78, 5) is 14.1. The standard InChI is InChI=1S/C20H23N3O3S2/c1-4-15-7-8-16(11-19(15)28(21,25)26)22-20(24)18-10-13(2)23(14(18)3)12-17-6-5-9-27-17/h5-11H,4,12H2,1-3H3,(H,22,24)(H2,21,25,26). The molecule has 0 bridgehead atoms. The smallest absolute Gasteiger partial charge is 0.257 e. The largest absolute Gasteiger partial charge is 0.343 e. The number of thiophene rings is 1. The first-order chi connectivity index (χ1) is 13.2. The number of carbonyl (C=O) groups excluding carboxylic acids is 1. The van der Waals surface area contributed by atoms with E-state index < -0.39 is 10.0 Å². The van der Waals surface area contributed by atoms with Crippen LogP contribution < -0.4 is 10.5 Å². The number of rotatable bonds is 6. The first-order valence-corrected chi connectivity index (χ1v) is 11.3. The predicted octanol–water partition coefficient (Wildman–Crippen LogP) is 3.68. The van der Waals surface area contributed by atoms with Crippen molar-refractivity contribution in [3.8, 4) is 0 Å². The lowest BCUT2D eigenvalue weighted by atomic mass is 10.1. The lowest BCUT2D eigenvalue weighted by Crippen LogP contribution is -2.17. The van der Waals surface area contributed by atoms with Crippen LogP contribution in [0.2, 0.25) is 0 Å². The van der Waals surface area contributed by atoms with Crippen molar-refractivity contribution < 1.29 is 13.2 Å². The zero-order valence-electron chi connectivity index (χ0n) is 16.0. The van der Waals surface area contributed by atoms with Gasteiger partial charge in [0.25, 0.3) is 5.91 Å². The summed E-state index contributed by atoms with van der Waals surface area (Å²) in [5, 5.41) is 10.1. The fourth-order valence-corrected chi connectivity index (χ4v) is 4.78. The van der Waals surface area contributed by atoms with Crippen LogP contribution in [0.25, 0.3) is 0 Å². The molecule has 0 aliphatic rings. The number of anilines is 1. The van der Waals surface area contributed by atoms with Gasteiger partial charge in [0.1, 0.15) is 0 Å². The minimum absolute atomic E-state index is 0.0379. The fourth-order valence-electron chi connectivity index (χ4n) is 3.22.